The summed E-state index contributed by atoms with van der Waals surface area (Å²) in [6.07, 6.45) is 1.82. The zero-order chi connectivity index (χ0) is 12.3. The highest BCUT2D eigenvalue weighted by Gasteiger charge is 2.09. The van der Waals surface area contributed by atoms with Crippen molar-refractivity contribution in [3.8, 4) is 0 Å². The first-order valence-corrected chi connectivity index (χ1v) is 6.54. The van der Waals surface area contributed by atoms with Crippen LogP contribution in [0.1, 0.15) is 10.4 Å². The number of anilines is 1. The van der Waals surface area contributed by atoms with Gasteiger partial charge in [-0.1, -0.05) is 29.9 Å². The van der Waals surface area contributed by atoms with Gasteiger partial charge in [0.05, 0.1) is 22.6 Å². The van der Waals surface area contributed by atoms with Gasteiger partial charge in [0, 0.05) is 16.8 Å². The van der Waals surface area contributed by atoms with E-state index >= 15 is 0 Å². The molecule has 0 aliphatic heterocycles. The molecule has 17 heavy (non-hydrogen) atoms. The second-order valence-electron chi connectivity index (χ2n) is 3.35. The summed E-state index contributed by atoms with van der Waals surface area (Å²) in [4.78, 5) is 5.44. The lowest BCUT2D eigenvalue weighted by molar-refractivity contribution is 1.17. The van der Waals surface area contributed by atoms with Gasteiger partial charge in [-0.25, -0.2) is 0 Å². The summed E-state index contributed by atoms with van der Waals surface area (Å²) in [5, 5.41) is 3.82. The summed E-state index contributed by atoms with van der Waals surface area (Å²) in [6.45, 7) is 0.681. The van der Waals surface area contributed by atoms with Crippen LogP contribution in [0.4, 0.5) is 5.69 Å². The maximum Gasteiger partial charge on any atom is 0.107 e. The number of benzene rings is 1. The van der Waals surface area contributed by atoms with Crippen LogP contribution in [0, 0.1) is 0 Å². The second kappa shape index (κ2) is 5.44. The van der Waals surface area contributed by atoms with Crippen LogP contribution in [-0.4, -0.2) is 9.97 Å². The second-order valence-corrected chi connectivity index (χ2v) is 5.17. The van der Waals surface area contributed by atoms with Crippen molar-refractivity contribution >= 4 is 45.8 Å². The highest BCUT2D eigenvalue weighted by atomic mass is 35.5. The molecule has 0 radical (unpaired) electrons. The number of halogens is 1. The normalized spacial score (nSPS) is 10.2. The largest absolute Gasteiger partial charge is 0.389 e. The third-order valence-corrected chi connectivity index (χ3v) is 3.50. The first kappa shape index (κ1) is 12.3. The van der Waals surface area contributed by atoms with Crippen LogP contribution in [0.25, 0.3) is 0 Å². The molecular weight excluding hydrogens is 274 g/mol. The molecule has 0 atom stereocenters. The number of hydrogen-bond donors (Lipinski definition) is 2. The molecule has 0 saturated heterocycles. The van der Waals surface area contributed by atoms with Gasteiger partial charge in [0.15, 0.2) is 0 Å². The summed E-state index contributed by atoms with van der Waals surface area (Å²) >= 11 is 12.7. The van der Waals surface area contributed by atoms with Crippen molar-refractivity contribution in [2.45, 2.75) is 6.54 Å². The fourth-order valence-electron chi connectivity index (χ4n) is 1.43. The lowest BCUT2D eigenvalue weighted by Crippen LogP contribution is -2.13. The number of nitrogens with one attached hydrogen (secondary N) is 1. The Morgan fingerprint density at radius 2 is 2.35 bits per heavy atom. The molecule has 0 amide bonds. The van der Waals surface area contributed by atoms with E-state index in [4.69, 9.17) is 29.6 Å². The first-order valence-electron chi connectivity index (χ1n) is 4.88. The van der Waals surface area contributed by atoms with E-state index < -0.39 is 0 Å². The van der Waals surface area contributed by atoms with Crippen molar-refractivity contribution in [2.75, 3.05) is 5.32 Å². The third-order valence-electron chi connectivity index (χ3n) is 2.20. The van der Waals surface area contributed by atoms with Crippen LogP contribution in [0.2, 0.25) is 5.02 Å². The van der Waals surface area contributed by atoms with Crippen LogP contribution in [0.5, 0.6) is 0 Å². The van der Waals surface area contributed by atoms with E-state index in [2.05, 4.69) is 10.3 Å². The molecule has 3 nitrogen and oxygen atoms in total. The molecule has 0 aliphatic carbocycles. The molecule has 2 rings (SSSR count). The van der Waals surface area contributed by atoms with E-state index in [1.54, 1.807) is 22.9 Å². The fourth-order valence-corrected chi connectivity index (χ4v) is 2.52. The summed E-state index contributed by atoms with van der Waals surface area (Å²) in [7, 11) is 0. The predicted octanol–water partition coefficient (Wildman–Crippen LogP) is 3.04. The van der Waals surface area contributed by atoms with E-state index in [1.165, 1.54) is 0 Å². The monoisotopic (exact) mass is 283 g/mol. The zero-order valence-corrected chi connectivity index (χ0v) is 11.2. The molecule has 6 heteroatoms. The minimum Gasteiger partial charge on any atom is -0.389 e. The summed E-state index contributed by atoms with van der Waals surface area (Å²) in [5.74, 6) is 0. The Morgan fingerprint density at radius 3 is 3.00 bits per heavy atom. The van der Waals surface area contributed by atoms with Crippen molar-refractivity contribution < 1.29 is 0 Å². The molecule has 1 heterocycles. The minimum absolute atomic E-state index is 0.294. The molecule has 2 aromatic rings. The van der Waals surface area contributed by atoms with Crippen molar-refractivity contribution in [2.24, 2.45) is 5.73 Å². The highest BCUT2D eigenvalue weighted by Crippen LogP contribution is 2.24. The standard InChI is InChI=1S/C11H10ClN3S2/c12-8-2-1-3-9(10(8)11(13)16)15-5-7-4-14-6-17-7/h1-4,6,15H,5H2,(H2,13,16). The van der Waals surface area contributed by atoms with Gasteiger partial charge in [0.1, 0.15) is 4.99 Å². The molecule has 0 fully saturated rings. The number of thiocarbonyl (C=S) groups is 1. The predicted molar refractivity (Wildman–Crippen MR) is 76.8 cm³/mol. The van der Waals surface area contributed by atoms with Crippen molar-refractivity contribution in [3.63, 3.8) is 0 Å². The van der Waals surface area contributed by atoms with Crippen molar-refractivity contribution in [1.82, 2.24) is 4.98 Å². The van der Waals surface area contributed by atoms with E-state index in [-0.39, 0.29) is 0 Å². The maximum atomic E-state index is 6.07. The van der Waals surface area contributed by atoms with Gasteiger partial charge in [0.25, 0.3) is 0 Å². The number of hydrogen-bond acceptors (Lipinski definition) is 4. The molecule has 3 N–H and O–H groups in total. The molecule has 0 unspecified atom stereocenters. The van der Waals surface area contributed by atoms with Gasteiger partial charge in [-0.05, 0) is 12.1 Å². The van der Waals surface area contributed by atoms with Crippen LogP contribution in [0.15, 0.2) is 29.9 Å². The van der Waals surface area contributed by atoms with Gasteiger partial charge in [-0.15, -0.1) is 11.3 Å². The van der Waals surface area contributed by atoms with Crippen LogP contribution in [-0.2, 0) is 6.54 Å². The number of rotatable bonds is 4. The molecule has 88 valence electrons. The first-order chi connectivity index (χ1) is 8.18. The average molecular weight is 284 g/mol. The van der Waals surface area contributed by atoms with E-state index in [0.717, 1.165) is 10.6 Å². The Labute approximate surface area is 114 Å². The Kier molecular flexibility index (Phi) is 3.93. The lowest BCUT2D eigenvalue weighted by atomic mass is 10.1. The smallest absolute Gasteiger partial charge is 0.107 e. The number of nitrogens with zero attached hydrogens (tertiary/aromatic N) is 1. The molecule has 0 bridgehead atoms. The zero-order valence-electron chi connectivity index (χ0n) is 8.81. The van der Waals surface area contributed by atoms with Gasteiger partial charge >= 0.3 is 0 Å². The molecule has 0 spiro atoms. The van der Waals surface area contributed by atoms with Gasteiger partial charge in [-0.2, -0.15) is 0 Å². The summed E-state index contributed by atoms with van der Waals surface area (Å²) in [6, 6.07) is 5.54. The van der Waals surface area contributed by atoms with Crippen molar-refractivity contribution in [3.05, 3.63) is 45.4 Å². The SMILES string of the molecule is NC(=S)c1c(Cl)cccc1NCc1cncs1. The van der Waals surface area contributed by atoms with Gasteiger partial charge in [0.2, 0.25) is 0 Å². The number of aromatic nitrogens is 1. The maximum absolute atomic E-state index is 6.07. The fraction of sp³-hybridized carbons (Fsp3) is 0.0909. The Bertz CT molecular complexity index is 526. The van der Waals surface area contributed by atoms with Crippen LogP contribution in [0.3, 0.4) is 0 Å². The van der Waals surface area contributed by atoms with E-state index in [9.17, 15) is 0 Å². The van der Waals surface area contributed by atoms with E-state index in [0.29, 0.717) is 22.1 Å². The number of thiazole rings is 1. The average Bonchev–Trinajstić information content (AvgIpc) is 2.78. The topological polar surface area (TPSA) is 50.9 Å². The molecule has 0 aliphatic rings. The highest BCUT2D eigenvalue weighted by molar-refractivity contribution is 7.80. The molecule has 1 aromatic heterocycles. The summed E-state index contributed by atoms with van der Waals surface area (Å²) < 4.78 is 0. The Balaban J connectivity index is 2.21. The molecular formula is C11H10ClN3S2. The van der Waals surface area contributed by atoms with Crippen LogP contribution >= 0.6 is 35.2 Å². The van der Waals surface area contributed by atoms with Crippen LogP contribution < -0.4 is 11.1 Å². The lowest BCUT2D eigenvalue weighted by Gasteiger charge is -2.11. The molecule has 0 saturated carbocycles. The number of nitrogens with two attached hydrogens (primary N) is 1. The van der Waals surface area contributed by atoms with Crippen molar-refractivity contribution in [1.29, 1.82) is 0 Å². The van der Waals surface area contributed by atoms with Gasteiger partial charge < -0.3 is 11.1 Å². The molecule has 1 aromatic carbocycles. The Hall–Kier alpha value is -1.17. The third kappa shape index (κ3) is 2.94. The quantitative estimate of drug-likeness (QED) is 0.847. The van der Waals surface area contributed by atoms with E-state index in [1.807, 2.05) is 18.3 Å². The summed E-state index contributed by atoms with van der Waals surface area (Å²) in [5.41, 5.74) is 8.99. The van der Waals surface area contributed by atoms with Gasteiger partial charge in [-0.3, -0.25) is 4.98 Å². The Morgan fingerprint density at radius 1 is 1.53 bits per heavy atom. The minimum atomic E-state index is 0.294.